The lowest BCUT2D eigenvalue weighted by Crippen LogP contribution is -2.39. The van der Waals surface area contributed by atoms with Crippen molar-refractivity contribution in [2.75, 3.05) is 6.61 Å². The highest BCUT2D eigenvalue weighted by atomic mass is 16.3. The van der Waals surface area contributed by atoms with E-state index in [1.807, 2.05) is 46.8 Å². The molecule has 0 fully saturated rings. The molecule has 0 aliphatic carbocycles. The summed E-state index contributed by atoms with van der Waals surface area (Å²) in [5.74, 6) is 0.105. The number of amides is 2. The maximum absolute atomic E-state index is 12.3. The van der Waals surface area contributed by atoms with Crippen LogP contribution in [0.2, 0.25) is 0 Å². The van der Waals surface area contributed by atoms with Gasteiger partial charge in [-0.2, -0.15) is 0 Å². The summed E-state index contributed by atoms with van der Waals surface area (Å²) >= 11 is 0. The van der Waals surface area contributed by atoms with Crippen LogP contribution in [0.15, 0.2) is 24.3 Å². The third-order valence-corrected chi connectivity index (χ3v) is 3.91. The van der Waals surface area contributed by atoms with Crippen LogP contribution in [-0.4, -0.2) is 29.6 Å². The summed E-state index contributed by atoms with van der Waals surface area (Å²) < 4.78 is 0. The summed E-state index contributed by atoms with van der Waals surface area (Å²) in [7, 11) is 0. The van der Waals surface area contributed by atoms with Crippen LogP contribution in [0.4, 0.5) is 0 Å². The van der Waals surface area contributed by atoms with Crippen molar-refractivity contribution in [3.8, 4) is 0 Å². The number of carbonyl (C=O) groups is 2. The molecule has 0 saturated heterocycles. The van der Waals surface area contributed by atoms with E-state index in [0.717, 1.165) is 5.56 Å². The van der Waals surface area contributed by atoms with Crippen LogP contribution in [0.1, 0.15) is 57.0 Å². The molecule has 1 atom stereocenters. The van der Waals surface area contributed by atoms with Crippen LogP contribution < -0.4 is 10.6 Å². The highest BCUT2D eigenvalue weighted by molar-refractivity contribution is 5.94. The van der Waals surface area contributed by atoms with Gasteiger partial charge in [-0.25, -0.2) is 0 Å². The monoisotopic (exact) mass is 334 g/mol. The molecule has 0 spiro atoms. The van der Waals surface area contributed by atoms with Gasteiger partial charge >= 0.3 is 0 Å². The molecule has 1 aromatic carbocycles. The molecular formula is C19H30N2O3. The van der Waals surface area contributed by atoms with E-state index in [4.69, 9.17) is 5.11 Å². The predicted octanol–water partition coefficient (Wildman–Crippen LogP) is 2.49. The molecule has 1 rings (SSSR count). The lowest BCUT2D eigenvalue weighted by atomic mass is 9.95. The quantitative estimate of drug-likeness (QED) is 0.717. The Morgan fingerprint density at radius 1 is 1.12 bits per heavy atom. The smallest absolute Gasteiger partial charge is 0.251 e. The Bertz CT molecular complexity index is 545. The summed E-state index contributed by atoms with van der Waals surface area (Å²) in [6.45, 7) is 10.1. The number of rotatable bonds is 7. The van der Waals surface area contributed by atoms with Crippen molar-refractivity contribution < 1.29 is 14.7 Å². The first-order valence-corrected chi connectivity index (χ1v) is 8.44. The largest absolute Gasteiger partial charge is 0.396 e. The fraction of sp³-hybridized carbons (Fsp3) is 0.579. The standard InChI is InChI=1S/C19H30N2O3/c1-13(2)16(10-11-22)21-17(23)15-8-6-14(7-9-15)12-20-18(24)19(3,4)5/h6-9,13,16,22H,10-12H2,1-5H3,(H,20,24)(H,21,23). The molecule has 5 nitrogen and oxygen atoms in total. The highest BCUT2D eigenvalue weighted by Gasteiger charge is 2.20. The predicted molar refractivity (Wildman–Crippen MR) is 95.5 cm³/mol. The molecule has 0 radical (unpaired) electrons. The first-order valence-electron chi connectivity index (χ1n) is 8.44. The summed E-state index contributed by atoms with van der Waals surface area (Å²) in [5, 5.41) is 14.9. The maximum Gasteiger partial charge on any atom is 0.251 e. The lowest BCUT2D eigenvalue weighted by molar-refractivity contribution is -0.128. The minimum atomic E-state index is -0.418. The molecule has 0 heterocycles. The zero-order valence-electron chi connectivity index (χ0n) is 15.3. The van der Waals surface area contributed by atoms with Crippen LogP contribution in [0, 0.1) is 11.3 Å². The average Bonchev–Trinajstić information content (AvgIpc) is 2.51. The highest BCUT2D eigenvalue weighted by Crippen LogP contribution is 2.13. The van der Waals surface area contributed by atoms with Crippen LogP contribution in [-0.2, 0) is 11.3 Å². The van der Waals surface area contributed by atoms with E-state index in [-0.39, 0.29) is 30.4 Å². The van der Waals surface area contributed by atoms with E-state index in [1.165, 1.54) is 0 Å². The molecule has 2 amide bonds. The van der Waals surface area contributed by atoms with Gasteiger partial charge in [-0.3, -0.25) is 9.59 Å². The van der Waals surface area contributed by atoms with E-state index >= 15 is 0 Å². The summed E-state index contributed by atoms with van der Waals surface area (Å²) in [6.07, 6.45) is 0.542. The van der Waals surface area contributed by atoms with Crippen LogP contribution in [0.3, 0.4) is 0 Å². The van der Waals surface area contributed by atoms with Crippen LogP contribution in [0.25, 0.3) is 0 Å². The van der Waals surface area contributed by atoms with E-state index in [1.54, 1.807) is 12.1 Å². The number of carbonyl (C=O) groups excluding carboxylic acids is 2. The van der Waals surface area contributed by atoms with Crippen molar-refractivity contribution in [1.82, 2.24) is 10.6 Å². The first-order chi connectivity index (χ1) is 11.1. The first kappa shape index (κ1) is 20.2. The molecule has 0 saturated carbocycles. The Labute approximate surface area is 144 Å². The Morgan fingerprint density at radius 2 is 1.71 bits per heavy atom. The summed E-state index contributed by atoms with van der Waals surface area (Å²) in [6, 6.07) is 7.14. The van der Waals surface area contributed by atoms with Gasteiger partial charge in [0.15, 0.2) is 0 Å². The second kappa shape index (κ2) is 8.83. The average molecular weight is 334 g/mol. The molecular weight excluding hydrogens is 304 g/mol. The minimum absolute atomic E-state index is 0.00639. The van der Waals surface area contributed by atoms with Gasteiger partial charge in [0, 0.05) is 30.2 Å². The van der Waals surface area contributed by atoms with Crippen molar-refractivity contribution in [3.63, 3.8) is 0 Å². The SMILES string of the molecule is CC(C)C(CCO)NC(=O)c1ccc(CNC(=O)C(C)(C)C)cc1. The van der Waals surface area contributed by atoms with Crippen LogP contribution >= 0.6 is 0 Å². The van der Waals surface area contributed by atoms with Gasteiger partial charge in [0.05, 0.1) is 0 Å². The van der Waals surface area contributed by atoms with Gasteiger partial charge in [-0.1, -0.05) is 46.8 Å². The van der Waals surface area contributed by atoms with Crippen molar-refractivity contribution in [1.29, 1.82) is 0 Å². The normalized spacial score (nSPS) is 12.8. The maximum atomic E-state index is 12.3. The molecule has 0 aliphatic rings. The number of nitrogens with one attached hydrogen (secondary N) is 2. The Hall–Kier alpha value is -1.88. The third kappa shape index (κ3) is 6.32. The zero-order chi connectivity index (χ0) is 18.3. The second-order valence-corrected chi connectivity index (χ2v) is 7.47. The summed E-state index contributed by atoms with van der Waals surface area (Å²) in [5.41, 5.74) is 1.10. The lowest BCUT2D eigenvalue weighted by Gasteiger charge is -2.21. The number of aliphatic hydroxyl groups is 1. The van der Waals surface area contributed by atoms with Crippen molar-refractivity contribution in [3.05, 3.63) is 35.4 Å². The van der Waals surface area contributed by atoms with E-state index in [0.29, 0.717) is 18.5 Å². The number of benzene rings is 1. The van der Waals surface area contributed by atoms with E-state index < -0.39 is 5.41 Å². The van der Waals surface area contributed by atoms with E-state index in [2.05, 4.69) is 10.6 Å². The molecule has 24 heavy (non-hydrogen) atoms. The molecule has 3 N–H and O–H groups in total. The number of aliphatic hydroxyl groups excluding tert-OH is 1. The fourth-order valence-electron chi connectivity index (χ4n) is 2.18. The van der Waals surface area contributed by atoms with Gasteiger partial charge in [-0.05, 0) is 30.0 Å². The fourth-order valence-corrected chi connectivity index (χ4v) is 2.18. The van der Waals surface area contributed by atoms with Crippen molar-refractivity contribution in [2.45, 2.75) is 53.6 Å². The Kier molecular flexibility index (Phi) is 7.42. The molecule has 0 bridgehead atoms. The van der Waals surface area contributed by atoms with Gasteiger partial charge in [0.1, 0.15) is 0 Å². The van der Waals surface area contributed by atoms with Gasteiger partial charge in [0.2, 0.25) is 5.91 Å². The third-order valence-electron chi connectivity index (χ3n) is 3.91. The molecule has 0 aliphatic heterocycles. The second-order valence-electron chi connectivity index (χ2n) is 7.47. The molecule has 5 heteroatoms. The van der Waals surface area contributed by atoms with Crippen molar-refractivity contribution in [2.24, 2.45) is 11.3 Å². The topological polar surface area (TPSA) is 78.4 Å². The molecule has 134 valence electrons. The molecule has 1 aromatic rings. The number of hydrogen-bond donors (Lipinski definition) is 3. The Balaban J connectivity index is 2.63. The van der Waals surface area contributed by atoms with Gasteiger partial charge in [0.25, 0.3) is 5.91 Å². The Morgan fingerprint density at radius 3 is 2.17 bits per heavy atom. The molecule has 1 unspecified atom stereocenters. The molecule has 0 aromatic heterocycles. The summed E-state index contributed by atoms with van der Waals surface area (Å²) in [4.78, 5) is 24.1. The zero-order valence-corrected chi connectivity index (χ0v) is 15.3. The van der Waals surface area contributed by atoms with Crippen molar-refractivity contribution >= 4 is 11.8 Å². The van der Waals surface area contributed by atoms with E-state index in [9.17, 15) is 9.59 Å². The van der Waals surface area contributed by atoms with Gasteiger partial charge < -0.3 is 15.7 Å². The minimum Gasteiger partial charge on any atom is -0.396 e. The number of hydrogen-bond acceptors (Lipinski definition) is 3. The van der Waals surface area contributed by atoms with Gasteiger partial charge in [-0.15, -0.1) is 0 Å². The van der Waals surface area contributed by atoms with Crippen LogP contribution in [0.5, 0.6) is 0 Å².